The summed E-state index contributed by atoms with van der Waals surface area (Å²) >= 11 is 0. The van der Waals surface area contributed by atoms with E-state index in [9.17, 15) is 18.0 Å². The van der Waals surface area contributed by atoms with Gasteiger partial charge in [-0.15, -0.1) is 0 Å². The number of hydrogen-bond donors (Lipinski definition) is 0. The summed E-state index contributed by atoms with van der Waals surface area (Å²) in [5, 5.41) is 0.811. The lowest BCUT2D eigenvalue weighted by Gasteiger charge is -2.11. The summed E-state index contributed by atoms with van der Waals surface area (Å²) in [6.07, 6.45) is 2.82. The van der Waals surface area contributed by atoms with E-state index in [1.807, 2.05) is 19.1 Å². The standard InChI is InChI=1S/C23H25NO6S/c1-16-11-13-18(14-12-16)31(27,28)24-15-17(19-8-4-5-10-21(19)24)7-6-9-20(22(25)29-2)23(26)30-3/h4-5,8,10-15,20H,6-7,9H2,1-3H3. The van der Waals surface area contributed by atoms with Crippen molar-refractivity contribution in [3.63, 3.8) is 0 Å². The largest absolute Gasteiger partial charge is 0.468 e. The summed E-state index contributed by atoms with van der Waals surface area (Å²) in [5.41, 5.74) is 2.37. The summed E-state index contributed by atoms with van der Waals surface area (Å²) in [6.45, 7) is 1.90. The number of rotatable bonds is 8. The molecule has 2 aromatic carbocycles. The van der Waals surface area contributed by atoms with Gasteiger partial charge in [0, 0.05) is 11.6 Å². The minimum absolute atomic E-state index is 0.210. The molecule has 0 atom stereocenters. The highest BCUT2D eigenvalue weighted by atomic mass is 32.2. The minimum atomic E-state index is -3.77. The van der Waals surface area contributed by atoms with E-state index < -0.39 is 27.9 Å². The van der Waals surface area contributed by atoms with Gasteiger partial charge in [0.05, 0.1) is 24.6 Å². The van der Waals surface area contributed by atoms with Crippen molar-refractivity contribution in [1.29, 1.82) is 0 Å². The van der Waals surface area contributed by atoms with Gasteiger partial charge in [-0.2, -0.15) is 0 Å². The number of aromatic nitrogens is 1. The monoisotopic (exact) mass is 443 g/mol. The Morgan fingerprint density at radius 3 is 2.19 bits per heavy atom. The number of carbonyl (C=O) groups excluding carboxylic acids is 2. The summed E-state index contributed by atoms with van der Waals surface area (Å²) in [7, 11) is -1.32. The van der Waals surface area contributed by atoms with Crippen molar-refractivity contribution < 1.29 is 27.5 Å². The molecule has 0 spiro atoms. The second-order valence-electron chi connectivity index (χ2n) is 7.28. The van der Waals surface area contributed by atoms with Gasteiger partial charge >= 0.3 is 11.9 Å². The molecule has 0 radical (unpaired) electrons. The van der Waals surface area contributed by atoms with Crippen molar-refractivity contribution in [2.75, 3.05) is 14.2 Å². The van der Waals surface area contributed by atoms with Gasteiger partial charge in [0.1, 0.15) is 0 Å². The van der Waals surface area contributed by atoms with Crippen LogP contribution in [0.25, 0.3) is 10.9 Å². The second-order valence-corrected chi connectivity index (χ2v) is 9.09. The molecule has 0 aliphatic heterocycles. The predicted octanol–water partition coefficient (Wildman–Crippen LogP) is 3.47. The number of para-hydroxylation sites is 1. The van der Waals surface area contributed by atoms with Crippen LogP contribution in [-0.2, 0) is 35.5 Å². The molecular weight excluding hydrogens is 418 g/mol. The Labute approximate surface area is 181 Å². The fourth-order valence-electron chi connectivity index (χ4n) is 3.55. The molecular formula is C23H25NO6S. The molecule has 0 N–H and O–H groups in total. The first-order chi connectivity index (χ1) is 14.8. The number of hydrogen-bond acceptors (Lipinski definition) is 6. The predicted molar refractivity (Wildman–Crippen MR) is 116 cm³/mol. The van der Waals surface area contributed by atoms with E-state index in [1.54, 1.807) is 42.6 Å². The average Bonchev–Trinajstić information content (AvgIpc) is 3.15. The third-order valence-corrected chi connectivity index (χ3v) is 6.94. The van der Waals surface area contributed by atoms with Crippen LogP contribution in [0.4, 0.5) is 0 Å². The van der Waals surface area contributed by atoms with Crippen LogP contribution in [0.3, 0.4) is 0 Å². The molecule has 0 bridgehead atoms. The number of nitrogens with zero attached hydrogens (tertiary/aromatic N) is 1. The summed E-state index contributed by atoms with van der Waals surface area (Å²) in [5.74, 6) is -2.29. The average molecular weight is 444 g/mol. The maximum atomic E-state index is 13.3. The van der Waals surface area contributed by atoms with Crippen LogP contribution in [0.2, 0.25) is 0 Å². The highest BCUT2D eigenvalue weighted by Gasteiger charge is 2.28. The first-order valence-electron chi connectivity index (χ1n) is 9.86. The molecule has 0 saturated heterocycles. The smallest absolute Gasteiger partial charge is 0.320 e. The van der Waals surface area contributed by atoms with Crippen LogP contribution < -0.4 is 0 Å². The van der Waals surface area contributed by atoms with Crippen LogP contribution in [-0.4, -0.2) is 38.5 Å². The summed E-state index contributed by atoms with van der Waals surface area (Å²) in [6, 6.07) is 14.0. The molecule has 0 saturated carbocycles. The van der Waals surface area contributed by atoms with Crippen molar-refractivity contribution in [3.8, 4) is 0 Å². The highest BCUT2D eigenvalue weighted by molar-refractivity contribution is 7.90. The Bertz CT molecular complexity index is 1180. The zero-order valence-electron chi connectivity index (χ0n) is 17.7. The molecule has 0 amide bonds. The number of aryl methyl sites for hydroxylation is 2. The Morgan fingerprint density at radius 2 is 1.58 bits per heavy atom. The SMILES string of the molecule is COC(=O)C(CCCc1cn(S(=O)(=O)c2ccc(C)cc2)c2ccccc12)C(=O)OC. The molecule has 7 nitrogen and oxygen atoms in total. The number of methoxy groups -OCH3 is 2. The zero-order valence-corrected chi connectivity index (χ0v) is 18.5. The number of carbonyl (C=O) groups is 2. The quantitative estimate of drug-likeness (QED) is 0.391. The van der Waals surface area contributed by atoms with Crippen LogP contribution >= 0.6 is 0 Å². The molecule has 3 rings (SSSR count). The zero-order chi connectivity index (χ0) is 22.6. The van der Waals surface area contributed by atoms with Crippen LogP contribution in [0.15, 0.2) is 59.6 Å². The molecule has 0 aliphatic rings. The highest BCUT2D eigenvalue weighted by Crippen LogP contribution is 2.28. The second kappa shape index (κ2) is 9.34. The van der Waals surface area contributed by atoms with Gasteiger partial charge in [0.25, 0.3) is 10.0 Å². The number of ether oxygens (including phenoxy) is 2. The van der Waals surface area contributed by atoms with E-state index in [0.29, 0.717) is 18.4 Å². The lowest BCUT2D eigenvalue weighted by Crippen LogP contribution is -2.26. The van der Waals surface area contributed by atoms with Crippen LogP contribution in [0, 0.1) is 12.8 Å². The third kappa shape index (κ3) is 4.64. The van der Waals surface area contributed by atoms with Gasteiger partial charge in [-0.05, 0) is 49.9 Å². The Morgan fingerprint density at radius 1 is 0.968 bits per heavy atom. The first-order valence-corrected chi connectivity index (χ1v) is 11.3. The van der Waals surface area contributed by atoms with Crippen molar-refractivity contribution >= 4 is 32.9 Å². The van der Waals surface area contributed by atoms with Crippen LogP contribution in [0.5, 0.6) is 0 Å². The maximum Gasteiger partial charge on any atom is 0.320 e. The van der Waals surface area contributed by atoms with Gasteiger partial charge in [0.15, 0.2) is 5.92 Å². The fraction of sp³-hybridized carbons (Fsp3) is 0.304. The van der Waals surface area contributed by atoms with Gasteiger partial charge < -0.3 is 9.47 Å². The van der Waals surface area contributed by atoms with Crippen LogP contribution in [0.1, 0.15) is 24.0 Å². The summed E-state index contributed by atoms with van der Waals surface area (Å²) in [4.78, 5) is 24.0. The lowest BCUT2D eigenvalue weighted by molar-refractivity contribution is -0.159. The Kier molecular flexibility index (Phi) is 6.80. The van der Waals surface area contributed by atoms with E-state index in [-0.39, 0.29) is 11.3 Å². The molecule has 8 heteroatoms. The van der Waals surface area contributed by atoms with Gasteiger partial charge in [0.2, 0.25) is 0 Å². The van der Waals surface area contributed by atoms with E-state index >= 15 is 0 Å². The minimum Gasteiger partial charge on any atom is -0.468 e. The first kappa shape index (κ1) is 22.6. The van der Waals surface area contributed by atoms with E-state index in [0.717, 1.165) is 16.5 Å². The molecule has 164 valence electrons. The van der Waals surface area contributed by atoms with Gasteiger partial charge in [-0.1, -0.05) is 35.9 Å². The van der Waals surface area contributed by atoms with Gasteiger partial charge in [-0.25, -0.2) is 12.4 Å². The molecule has 0 unspecified atom stereocenters. The third-order valence-electron chi connectivity index (χ3n) is 5.25. The van der Waals surface area contributed by atoms with Crippen molar-refractivity contribution in [2.45, 2.75) is 31.1 Å². The van der Waals surface area contributed by atoms with E-state index in [4.69, 9.17) is 9.47 Å². The molecule has 1 heterocycles. The maximum absolute atomic E-state index is 13.3. The van der Waals surface area contributed by atoms with Gasteiger partial charge in [-0.3, -0.25) is 9.59 Å². The Hall–Kier alpha value is -3.13. The molecule has 1 aromatic heterocycles. The molecule has 3 aromatic rings. The summed E-state index contributed by atoms with van der Waals surface area (Å²) < 4.78 is 37.2. The topological polar surface area (TPSA) is 91.7 Å². The van der Waals surface area contributed by atoms with E-state index in [2.05, 4.69) is 0 Å². The lowest BCUT2D eigenvalue weighted by atomic mass is 9.99. The molecule has 0 fully saturated rings. The van der Waals surface area contributed by atoms with Crippen molar-refractivity contribution in [1.82, 2.24) is 3.97 Å². The number of esters is 2. The van der Waals surface area contributed by atoms with Crippen molar-refractivity contribution in [3.05, 3.63) is 65.9 Å². The normalized spacial score (nSPS) is 11.6. The molecule has 0 aliphatic carbocycles. The van der Waals surface area contributed by atoms with Crippen molar-refractivity contribution in [2.24, 2.45) is 5.92 Å². The number of benzene rings is 2. The Balaban J connectivity index is 1.90. The fourth-order valence-corrected chi connectivity index (χ4v) is 4.94. The number of fused-ring (bicyclic) bond motifs is 1. The molecule has 31 heavy (non-hydrogen) atoms. The van der Waals surface area contributed by atoms with E-state index in [1.165, 1.54) is 18.2 Å².